The van der Waals surface area contributed by atoms with Crippen LogP contribution in [0, 0.1) is 12.8 Å². The molecule has 0 saturated carbocycles. The van der Waals surface area contributed by atoms with Gasteiger partial charge in [-0.15, -0.1) is 0 Å². The van der Waals surface area contributed by atoms with Gasteiger partial charge in [-0.2, -0.15) is 18.3 Å². The number of nitrogens with zero attached hydrogens (tertiary/aromatic N) is 3. The van der Waals surface area contributed by atoms with Gasteiger partial charge in [-0.3, -0.25) is 4.68 Å². The van der Waals surface area contributed by atoms with Crippen LogP contribution in [0.1, 0.15) is 25.1 Å². The molecular formula is C13H23F3N4. The number of anilines is 1. The smallest absolute Gasteiger partial charge is 0.351 e. The minimum absolute atomic E-state index is 0.489. The van der Waals surface area contributed by atoms with Crippen LogP contribution in [-0.4, -0.2) is 36.1 Å². The Labute approximate surface area is 117 Å². The Hall–Kier alpha value is -1.24. The Kier molecular flexibility index (Phi) is 5.44. The largest absolute Gasteiger partial charge is 0.405 e. The van der Waals surface area contributed by atoms with Crippen molar-refractivity contribution in [2.24, 2.45) is 13.0 Å². The molecule has 0 bridgehead atoms. The molecule has 0 unspecified atom stereocenters. The molecule has 7 heteroatoms. The standard InChI is InChI=1S/C13H23F3N4/c1-9(2)6-17-7-11-10(3)18-20(5)12(11)19(4)8-13(14,15)16/h9,17H,6-8H2,1-5H3. The van der Waals surface area contributed by atoms with Crippen molar-refractivity contribution < 1.29 is 13.2 Å². The molecule has 1 aromatic heterocycles. The van der Waals surface area contributed by atoms with E-state index in [-0.39, 0.29) is 0 Å². The predicted molar refractivity (Wildman–Crippen MR) is 73.8 cm³/mol. The van der Waals surface area contributed by atoms with Gasteiger partial charge in [0.25, 0.3) is 0 Å². The maximum atomic E-state index is 12.5. The van der Waals surface area contributed by atoms with Gasteiger partial charge in [0, 0.05) is 26.2 Å². The van der Waals surface area contributed by atoms with E-state index in [0.29, 0.717) is 18.3 Å². The molecule has 0 aliphatic rings. The van der Waals surface area contributed by atoms with E-state index in [1.165, 1.54) is 16.6 Å². The molecule has 1 rings (SSSR count). The summed E-state index contributed by atoms with van der Waals surface area (Å²) in [7, 11) is 3.11. The molecule has 0 aliphatic heterocycles. The number of aromatic nitrogens is 2. The SMILES string of the molecule is Cc1nn(C)c(N(C)CC(F)(F)F)c1CNCC(C)C. The second kappa shape index (κ2) is 6.47. The van der Waals surface area contributed by atoms with Crippen molar-refractivity contribution in [1.29, 1.82) is 0 Å². The molecule has 0 atom stereocenters. The van der Waals surface area contributed by atoms with Gasteiger partial charge < -0.3 is 10.2 Å². The van der Waals surface area contributed by atoms with Crippen molar-refractivity contribution in [2.45, 2.75) is 33.5 Å². The monoisotopic (exact) mass is 292 g/mol. The van der Waals surface area contributed by atoms with E-state index >= 15 is 0 Å². The summed E-state index contributed by atoms with van der Waals surface area (Å²) in [4.78, 5) is 1.20. The molecular weight excluding hydrogens is 269 g/mol. The third kappa shape index (κ3) is 4.70. The summed E-state index contributed by atoms with van der Waals surface area (Å²) in [6, 6.07) is 0. The van der Waals surface area contributed by atoms with E-state index in [0.717, 1.165) is 17.8 Å². The molecule has 4 nitrogen and oxygen atoms in total. The van der Waals surface area contributed by atoms with Crippen LogP contribution in [0.5, 0.6) is 0 Å². The number of alkyl halides is 3. The lowest BCUT2D eigenvalue weighted by molar-refractivity contribution is -0.119. The van der Waals surface area contributed by atoms with Gasteiger partial charge in [-0.1, -0.05) is 13.8 Å². The van der Waals surface area contributed by atoms with Crippen LogP contribution in [0.2, 0.25) is 0 Å². The maximum Gasteiger partial charge on any atom is 0.405 e. The number of nitrogens with one attached hydrogen (secondary N) is 1. The van der Waals surface area contributed by atoms with Crippen molar-refractivity contribution in [3.05, 3.63) is 11.3 Å². The number of hydrogen-bond acceptors (Lipinski definition) is 3. The van der Waals surface area contributed by atoms with Crippen molar-refractivity contribution in [3.8, 4) is 0 Å². The molecule has 0 fully saturated rings. The molecule has 0 radical (unpaired) electrons. The van der Waals surface area contributed by atoms with Gasteiger partial charge in [0.1, 0.15) is 12.4 Å². The molecule has 116 valence electrons. The molecule has 0 amide bonds. The Bertz CT molecular complexity index is 438. The van der Waals surface area contributed by atoms with Crippen molar-refractivity contribution >= 4 is 5.82 Å². The van der Waals surface area contributed by atoms with Gasteiger partial charge in [0.15, 0.2) is 0 Å². The highest BCUT2D eigenvalue weighted by Gasteiger charge is 2.31. The van der Waals surface area contributed by atoms with Crippen LogP contribution >= 0.6 is 0 Å². The first-order valence-electron chi connectivity index (χ1n) is 6.63. The number of aryl methyl sites for hydroxylation is 2. The summed E-state index contributed by atoms with van der Waals surface area (Å²) in [6.45, 7) is 6.34. The van der Waals surface area contributed by atoms with Gasteiger partial charge >= 0.3 is 6.18 Å². The normalized spacial score (nSPS) is 12.2. The first kappa shape index (κ1) is 16.8. The Morgan fingerprint density at radius 3 is 2.45 bits per heavy atom. The molecule has 0 spiro atoms. The zero-order valence-electron chi connectivity index (χ0n) is 12.7. The molecule has 1 aromatic rings. The fraction of sp³-hybridized carbons (Fsp3) is 0.769. The summed E-state index contributed by atoms with van der Waals surface area (Å²) in [6.07, 6.45) is -4.23. The number of halogens is 3. The molecule has 20 heavy (non-hydrogen) atoms. The predicted octanol–water partition coefficient (Wildman–Crippen LogP) is 2.47. The lowest BCUT2D eigenvalue weighted by atomic mass is 10.2. The van der Waals surface area contributed by atoms with Crippen LogP contribution in [-0.2, 0) is 13.6 Å². The Morgan fingerprint density at radius 1 is 1.35 bits per heavy atom. The van der Waals surface area contributed by atoms with Gasteiger partial charge in [-0.05, 0) is 19.4 Å². The highest BCUT2D eigenvalue weighted by Crippen LogP contribution is 2.25. The summed E-state index contributed by atoms with van der Waals surface area (Å²) < 4.78 is 39.1. The molecule has 1 heterocycles. The van der Waals surface area contributed by atoms with Crippen molar-refractivity contribution in [1.82, 2.24) is 15.1 Å². The Balaban J connectivity index is 2.89. The highest BCUT2D eigenvalue weighted by atomic mass is 19.4. The van der Waals surface area contributed by atoms with E-state index in [4.69, 9.17) is 0 Å². The fourth-order valence-corrected chi connectivity index (χ4v) is 2.20. The summed E-state index contributed by atoms with van der Waals surface area (Å²) >= 11 is 0. The first-order chi connectivity index (χ1) is 9.11. The zero-order valence-corrected chi connectivity index (χ0v) is 12.7. The van der Waals surface area contributed by atoms with Crippen molar-refractivity contribution in [2.75, 3.05) is 25.0 Å². The van der Waals surface area contributed by atoms with E-state index in [1.807, 2.05) is 6.92 Å². The lowest BCUT2D eigenvalue weighted by Crippen LogP contribution is -2.33. The number of hydrogen-bond donors (Lipinski definition) is 1. The second-order valence-electron chi connectivity index (χ2n) is 5.51. The highest BCUT2D eigenvalue weighted by molar-refractivity contribution is 5.49. The lowest BCUT2D eigenvalue weighted by Gasteiger charge is -2.22. The van der Waals surface area contributed by atoms with E-state index in [2.05, 4.69) is 24.3 Å². The zero-order chi connectivity index (χ0) is 15.5. The fourth-order valence-electron chi connectivity index (χ4n) is 2.20. The average molecular weight is 292 g/mol. The summed E-state index contributed by atoms with van der Waals surface area (Å²) in [5, 5.41) is 7.48. The van der Waals surface area contributed by atoms with Crippen LogP contribution < -0.4 is 10.2 Å². The molecule has 0 aliphatic carbocycles. The first-order valence-corrected chi connectivity index (χ1v) is 6.63. The topological polar surface area (TPSA) is 33.1 Å². The second-order valence-corrected chi connectivity index (χ2v) is 5.51. The Morgan fingerprint density at radius 2 is 1.95 bits per heavy atom. The quantitative estimate of drug-likeness (QED) is 0.874. The minimum atomic E-state index is -4.23. The van der Waals surface area contributed by atoms with Crippen LogP contribution in [0.3, 0.4) is 0 Å². The van der Waals surface area contributed by atoms with E-state index in [9.17, 15) is 13.2 Å². The average Bonchev–Trinajstić information content (AvgIpc) is 2.50. The third-order valence-electron chi connectivity index (χ3n) is 2.95. The molecule has 0 aromatic carbocycles. The minimum Gasteiger partial charge on any atom is -0.351 e. The van der Waals surface area contributed by atoms with Crippen LogP contribution in [0.25, 0.3) is 0 Å². The van der Waals surface area contributed by atoms with Crippen LogP contribution in [0.4, 0.5) is 19.0 Å². The maximum absolute atomic E-state index is 12.5. The molecule has 1 N–H and O–H groups in total. The third-order valence-corrected chi connectivity index (χ3v) is 2.95. The summed E-state index contributed by atoms with van der Waals surface area (Å²) in [5.74, 6) is 0.999. The van der Waals surface area contributed by atoms with Gasteiger partial charge in [0.05, 0.1) is 5.69 Å². The van der Waals surface area contributed by atoms with Gasteiger partial charge in [-0.25, -0.2) is 0 Å². The molecule has 0 saturated heterocycles. The summed E-state index contributed by atoms with van der Waals surface area (Å²) in [5.41, 5.74) is 1.58. The van der Waals surface area contributed by atoms with Crippen LogP contribution in [0.15, 0.2) is 0 Å². The van der Waals surface area contributed by atoms with E-state index < -0.39 is 12.7 Å². The van der Waals surface area contributed by atoms with Crippen molar-refractivity contribution in [3.63, 3.8) is 0 Å². The van der Waals surface area contributed by atoms with E-state index in [1.54, 1.807) is 7.05 Å². The number of rotatable bonds is 6. The van der Waals surface area contributed by atoms with Gasteiger partial charge in [0.2, 0.25) is 0 Å².